The molecule has 0 aromatic heterocycles. The van der Waals surface area contributed by atoms with Crippen molar-refractivity contribution in [1.29, 1.82) is 0 Å². The van der Waals surface area contributed by atoms with Gasteiger partial charge in [0.05, 0.1) is 25.9 Å². The van der Waals surface area contributed by atoms with E-state index in [-0.39, 0.29) is 12.1 Å². The third-order valence-electron chi connectivity index (χ3n) is 2.72. The average molecular weight is 193 g/mol. The molecule has 0 radical (unpaired) electrons. The average Bonchev–Trinajstić information content (AvgIpc) is 2.23. The van der Waals surface area contributed by atoms with Crippen LogP contribution in [-0.4, -0.2) is 13.2 Å². The lowest BCUT2D eigenvalue weighted by Crippen LogP contribution is -2.31. The van der Waals surface area contributed by atoms with Gasteiger partial charge in [-0.2, -0.15) is 0 Å². The maximum Gasteiger partial charge on any atom is 0.119 e. The van der Waals surface area contributed by atoms with Gasteiger partial charge in [0, 0.05) is 0 Å². The Balaban J connectivity index is 2.38. The van der Waals surface area contributed by atoms with Crippen LogP contribution in [0.3, 0.4) is 0 Å². The Morgan fingerprint density at radius 2 is 2.29 bits per heavy atom. The van der Waals surface area contributed by atoms with Gasteiger partial charge in [-0.3, -0.25) is 0 Å². The van der Waals surface area contributed by atoms with E-state index in [9.17, 15) is 0 Å². The summed E-state index contributed by atoms with van der Waals surface area (Å²) in [5.41, 5.74) is 8.32. The van der Waals surface area contributed by atoms with Gasteiger partial charge in [0.25, 0.3) is 0 Å². The first kappa shape index (κ1) is 9.49. The summed E-state index contributed by atoms with van der Waals surface area (Å²) in [5.74, 6) is 0.856. The summed E-state index contributed by atoms with van der Waals surface area (Å²) in [4.78, 5) is 0. The van der Waals surface area contributed by atoms with Crippen molar-refractivity contribution < 1.29 is 9.47 Å². The van der Waals surface area contributed by atoms with Crippen LogP contribution in [0.5, 0.6) is 5.75 Å². The molecule has 3 nitrogen and oxygen atoms in total. The molecule has 1 aliphatic rings. The summed E-state index contributed by atoms with van der Waals surface area (Å²) < 4.78 is 10.7. The first-order chi connectivity index (χ1) is 6.72. The van der Waals surface area contributed by atoms with Gasteiger partial charge in [-0.25, -0.2) is 0 Å². The van der Waals surface area contributed by atoms with Gasteiger partial charge in [-0.1, -0.05) is 6.07 Å². The Kier molecular flexibility index (Phi) is 2.44. The summed E-state index contributed by atoms with van der Waals surface area (Å²) in [6.45, 7) is 2.62. The standard InChI is InChI=1S/C11H15NO2/c1-7-11(12)10-4-3-9(13-2)5-8(10)6-14-7/h3-5,7,11H,6,12H2,1-2H3. The van der Waals surface area contributed by atoms with Crippen LogP contribution >= 0.6 is 0 Å². The van der Waals surface area contributed by atoms with E-state index in [2.05, 4.69) is 0 Å². The fraction of sp³-hybridized carbons (Fsp3) is 0.455. The predicted molar refractivity (Wildman–Crippen MR) is 54.2 cm³/mol. The lowest BCUT2D eigenvalue weighted by Gasteiger charge is -2.28. The van der Waals surface area contributed by atoms with E-state index >= 15 is 0 Å². The molecular formula is C11H15NO2. The van der Waals surface area contributed by atoms with Crippen molar-refractivity contribution in [3.8, 4) is 5.75 Å². The van der Waals surface area contributed by atoms with Gasteiger partial charge >= 0.3 is 0 Å². The van der Waals surface area contributed by atoms with Gasteiger partial charge in [0.2, 0.25) is 0 Å². The second-order valence-corrected chi connectivity index (χ2v) is 3.61. The van der Waals surface area contributed by atoms with Crippen LogP contribution in [0.2, 0.25) is 0 Å². The minimum atomic E-state index is -0.0235. The molecule has 1 aromatic carbocycles. The largest absolute Gasteiger partial charge is 0.497 e. The molecule has 0 amide bonds. The van der Waals surface area contributed by atoms with Crippen molar-refractivity contribution in [1.82, 2.24) is 0 Å². The highest BCUT2D eigenvalue weighted by molar-refractivity contribution is 5.38. The summed E-state index contributed by atoms with van der Waals surface area (Å²) in [6, 6.07) is 5.93. The first-order valence-corrected chi connectivity index (χ1v) is 4.76. The topological polar surface area (TPSA) is 44.5 Å². The quantitative estimate of drug-likeness (QED) is 0.737. The summed E-state index contributed by atoms with van der Waals surface area (Å²) in [6.07, 6.45) is 0.0934. The van der Waals surface area contributed by atoms with Gasteiger partial charge in [-0.05, 0) is 30.2 Å². The minimum Gasteiger partial charge on any atom is -0.497 e. The molecule has 3 heteroatoms. The minimum absolute atomic E-state index is 0.0235. The van der Waals surface area contributed by atoms with Crippen molar-refractivity contribution in [2.45, 2.75) is 25.7 Å². The molecule has 2 atom stereocenters. The van der Waals surface area contributed by atoms with E-state index in [1.807, 2.05) is 25.1 Å². The molecule has 0 saturated heterocycles. The predicted octanol–water partition coefficient (Wildman–Crippen LogP) is 1.61. The second-order valence-electron chi connectivity index (χ2n) is 3.61. The van der Waals surface area contributed by atoms with Crippen LogP contribution in [0.15, 0.2) is 18.2 Å². The van der Waals surface area contributed by atoms with Crippen LogP contribution in [0, 0.1) is 0 Å². The van der Waals surface area contributed by atoms with Crippen molar-refractivity contribution in [2.75, 3.05) is 7.11 Å². The van der Waals surface area contributed by atoms with Gasteiger partial charge in [-0.15, -0.1) is 0 Å². The van der Waals surface area contributed by atoms with Gasteiger partial charge in [0.15, 0.2) is 0 Å². The van der Waals surface area contributed by atoms with Crippen molar-refractivity contribution in [3.63, 3.8) is 0 Å². The van der Waals surface area contributed by atoms with Crippen LogP contribution in [0.1, 0.15) is 24.1 Å². The SMILES string of the molecule is COc1ccc2c(c1)COC(C)C2N. The number of rotatable bonds is 1. The normalized spacial score (nSPS) is 25.6. The Morgan fingerprint density at radius 3 is 3.00 bits per heavy atom. The molecule has 0 bridgehead atoms. The zero-order chi connectivity index (χ0) is 10.1. The molecule has 2 rings (SSSR count). The molecule has 0 spiro atoms. The number of nitrogens with two attached hydrogens (primary N) is 1. The fourth-order valence-corrected chi connectivity index (χ4v) is 1.74. The molecule has 0 fully saturated rings. The molecular weight excluding hydrogens is 178 g/mol. The van der Waals surface area contributed by atoms with Crippen LogP contribution in [0.4, 0.5) is 0 Å². The third-order valence-corrected chi connectivity index (χ3v) is 2.72. The van der Waals surface area contributed by atoms with Gasteiger partial charge < -0.3 is 15.2 Å². The van der Waals surface area contributed by atoms with Crippen LogP contribution in [-0.2, 0) is 11.3 Å². The van der Waals surface area contributed by atoms with E-state index in [1.165, 1.54) is 5.56 Å². The Hall–Kier alpha value is -1.06. The van der Waals surface area contributed by atoms with Crippen LogP contribution in [0.25, 0.3) is 0 Å². The molecule has 2 N–H and O–H groups in total. The van der Waals surface area contributed by atoms with Crippen molar-refractivity contribution in [3.05, 3.63) is 29.3 Å². The number of hydrogen-bond donors (Lipinski definition) is 1. The zero-order valence-electron chi connectivity index (χ0n) is 8.49. The lowest BCUT2D eigenvalue weighted by molar-refractivity contribution is 0.0212. The second kappa shape index (κ2) is 3.59. The lowest BCUT2D eigenvalue weighted by atomic mass is 9.95. The monoisotopic (exact) mass is 193 g/mol. The summed E-state index contributed by atoms with van der Waals surface area (Å²) in [5, 5.41) is 0. The first-order valence-electron chi connectivity index (χ1n) is 4.76. The van der Waals surface area contributed by atoms with Crippen LogP contribution < -0.4 is 10.5 Å². The molecule has 1 heterocycles. The molecule has 76 valence electrons. The van der Waals surface area contributed by atoms with E-state index in [1.54, 1.807) is 7.11 Å². The number of methoxy groups -OCH3 is 1. The van der Waals surface area contributed by atoms with E-state index < -0.39 is 0 Å². The molecule has 1 aromatic rings. The Morgan fingerprint density at radius 1 is 1.50 bits per heavy atom. The van der Waals surface area contributed by atoms with E-state index in [0.717, 1.165) is 11.3 Å². The Labute approximate surface area is 83.8 Å². The summed E-state index contributed by atoms with van der Waals surface area (Å²) >= 11 is 0. The molecule has 1 aliphatic heterocycles. The smallest absolute Gasteiger partial charge is 0.119 e. The Bertz CT molecular complexity index is 338. The van der Waals surface area contributed by atoms with Gasteiger partial charge in [0.1, 0.15) is 5.75 Å². The fourth-order valence-electron chi connectivity index (χ4n) is 1.74. The molecule has 14 heavy (non-hydrogen) atoms. The third kappa shape index (κ3) is 1.49. The van der Waals surface area contributed by atoms with Crippen molar-refractivity contribution >= 4 is 0 Å². The number of hydrogen-bond acceptors (Lipinski definition) is 3. The molecule has 2 unspecified atom stereocenters. The summed E-state index contributed by atoms with van der Waals surface area (Å²) in [7, 11) is 1.66. The maximum absolute atomic E-state index is 6.02. The van der Waals surface area contributed by atoms with Crippen molar-refractivity contribution in [2.24, 2.45) is 5.73 Å². The molecule has 0 aliphatic carbocycles. The highest BCUT2D eigenvalue weighted by Crippen LogP contribution is 2.30. The maximum atomic E-state index is 6.02. The highest BCUT2D eigenvalue weighted by atomic mass is 16.5. The number of fused-ring (bicyclic) bond motifs is 1. The highest BCUT2D eigenvalue weighted by Gasteiger charge is 2.23. The number of ether oxygens (including phenoxy) is 2. The van der Waals surface area contributed by atoms with E-state index in [4.69, 9.17) is 15.2 Å². The molecule has 0 saturated carbocycles. The number of benzene rings is 1. The zero-order valence-corrected chi connectivity index (χ0v) is 8.49. The van der Waals surface area contributed by atoms with E-state index in [0.29, 0.717) is 6.61 Å².